The second-order valence-electron chi connectivity index (χ2n) is 4.28. The van der Waals surface area contributed by atoms with Crippen LogP contribution in [0, 0.1) is 0 Å². The molecule has 0 bridgehead atoms. The summed E-state index contributed by atoms with van der Waals surface area (Å²) in [5, 5.41) is 8.60. The number of ether oxygens (including phenoxy) is 1. The molecule has 0 aromatic heterocycles. The zero-order chi connectivity index (χ0) is 11.4. The average Bonchev–Trinajstić information content (AvgIpc) is 1.98. The standard InChI is InChI=1S/C11H19NO3/c1-8(4-11(13)14)5-12-6-9(2)15-10(3)7-12/h4,9-10H,5-7H2,1-3H3,(H,13,14)/t9-,10+. The molecule has 1 rings (SSSR count). The summed E-state index contributed by atoms with van der Waals surface area (Å²) in [6, 6.07) is 0. The van der Waals surface area contributed by atoms with E-state index in [1.54, 1.807) is 0 Å². The van der Waals surface area contributed by atoms with E-state index < -0.39 is 5.97 Å². The van der Waals surface area contributed by atoms with E-state index in [1.807, 2.05) is 20.8 Å². The Kier molecular flexibility index (Phi) is 4.29. The smallest absolute Gasteiger partial charge is 0.328 e. The topological polar surface area (TPSA) is 49.8 Å². The largest absolute Gasteiger partial charge is 0.478 e. The van der Waals surface area contributed by atoms with E-state index in [4.69, 9.17) is 9.84 Å². The number of aliphatic carboxylic acids is 1. The summed E-state index contributed by atoms with van der Waals surface area (Å²) in [5.41, 5.74) is 0.879. The van der Waals surface area contributed by atoms with Gasteiger partial charge < -0.3 is 9.84 Å². The van der Waals surface area contributed by atoms with Crippen molar-refractivity contribution in [2.75, 3.05) is 19.6 Å². The van der Waals surface area contributed by atoms with Gasteiger partial charge in [-0.05, 0) is 20.8 Å². The average molecular weight is 213 g/mol. The second-order valence-corrected chi connectivity index (χ2v) is 4.28. The monoisotopic (exact) mass is 213 g/mol. The Balaban J connectivity index is 2.47. The summed E-state index contributed by atoms with van der Waals surface area (Å²) in [7, 11) is 0. The molecule has 4 heteroatoms. The number of carboxylic acids is 1. The molecule has 4 nitrogen and oxygen atoms in total. The number of carboxylic acid groups (broad SMARTS) is 1. The molecule has 0 unspecified atom stereocenters. The van der Waals surface area contributed by atoms with Crippen LogP contribution in [0.15, 0.2) is 11.6 Å². The van der Waals surface area contributed by atoms with Gasteiger partial charge in [-0.2, -0.15) is 0 Å². The predicted octanol–water partition coefficient (Wildman–Crippen LogP) is 1.13. The number of carbonyl (C=O) groups is 1. The normalized spacial score (nSPS) is 29.1. The maximum atomic E-state index is 10.5. The number of nitrogens with zero attached hydrogens (tertiary/aromatic N) is 1. The first-order chi connectivity index (χ1) is 6.97. The zero-order valence-corrected chi connectivity index (χ0v) is 9.56. The van der Waals surface area contributed by atoms with Crippen LogP contribution in [0.3, 0.4) is 0 Å². The quantitative estimate of drug-likeness (QED) is 0.714. The van der Waals surface area contributed by atoms with E-state index in [1.165, 1.54) is 6.08 Å². The van der Waals surface area contributed by atoms with Gasteiger partial charge in [-0.15, -0.1) is 0 Å². The molecule has 15 heavy (non-hydrogen) atoms. The molecular weight excluding hydrogens is 194 g/mol. The molecule has 1 fully saturated rings. The molecule has 0 aliphatic carbocycles. The van der Waals surface area contributed by atoms with Crippen LogP contribution < -0.4 is 0 Å². The molecular formula is C11H19NO3. The van der Waals surface area contributed by atoms with Gasteiger partial charge in [0.2, 0.25) is 0 Å². The summed E-state index contributed by atoms with van der Waals surface area (Å²) in [6.45, 7) is 8.38. The summed E-state index contributed by atoms with van der Waals surface area (Å²) in [6.07, 6.45) is 1.72. The first-order valence-electron chi connectivity index (χ1n) is 5.25. The van der Waals surface area contributed by atoms with E-state index in [-0.39, 0.29) is 12.2 Å². The van der Waals surface area contributed by atoms with Gasteiger partial charge >= 0.3 is 5.97 Å². The Labute approximate surface area is 90.5 Å². The highest BCUT2D eigenvalue weighted by Gasteiger charge is 2.21. The molecule has 1 N–H and O–H groups in total. The zero-order valence-electron chi connectivity index (χ0n) is 9.56. The molecule has 86 valence electrons. The summed E-state index contributed by atoms with van der Waals surface area (Å²) in [5.74, 6) is -0.873. The number of rotatable bonds is 3. The highest BCUT2D eigenvalue weighted by molar-refractivity contribution is 5.80. The van der Waals surface area contributed by atoms with E-state index in [0.29, 0.717) is 6.54 Å². The lowest BCUT2D eigenvalue weighted by molar-refractivity contribution is -0.131. The lowest BCUT2D eigenvalue weighted by Gasteiger charge is -2.35. The Morgan fingerprint density at radius 3 is 2.47 bits per heavy atom. The highest BCUT2D eigenvalue weighted by atomic mass is 16.5. The van der Waals surface area contributed by atoms with Crippen molar-refractivity contribution in [2.45, 2.75) is 33.0 Å². The lowest BCUT2D eigenvalue weighted by Crippen LogP contribution is -2.45. The molecule has 1 aliphatic heterocycles. The van der Waals surface area contributed by atoms with Crippen LogP contribution in [0.4, 0.5) is 0 Å². The van der Waals surface area contributed by atoms with Gasteiger partial charge in [0.1, 0.15) is 0 Å². The molecule has 1 saturated heterocycles. The number of morpholine rings is 1. The van der Waals surface area contributed by atoms with Gasteiger partial charge in [-0.25, -0.2) is 4.79 Å². The fraction of sp³-hybridized carbons (Fsp3) is 0.727. The molecule has 1 aliphatic rings. The third-order valence-corrected chi connectivity index (χ3v) is 2.34. The van der Waals surface area contributed by atoms with E-state index in [0.717, 1.165) is 18.7 Å². The van der Waals surface area contributed by atoms with E-state index in [2.05, 4.69) is 4.90 Å². The predicted molar refractivity (Wildman–Crippen MR) is 57.8 cm³/mol. The van der Waals surface area contributed by atoms with Gasteiger partial charge in [-0.3, -0.25) is 4.90 Å². The highest BCUT2D eigenvalue weighted by Crippen LogP contribution is 2.11. The third-order valence-electron chi connectivity index (χ3n) is 2.34. The Bertz CT molecular complexity index is 253. The maximum Gasteiger partial charge on any atom is 0.328 e. The molecule has 1 heterocycles. The van der Waals surface area contributed by atoms with E-state index in [9.17, 15) is 4.79 Å². The van der Waals surface area contributed by atoms with Crippen LogP contribution in [0.2, 0.25) is 0 Å². The van der Waals surface area contributed by atoms with Crippen molar-refractivity contribution in [3.05, 3.63) is 11.6 Å². The van der Waals surface area contributed by atoms with Crippen molar-refractivity contribution < 1.29 is 14.6 Å². The first kappa shape index (κ1) is 12.2. The van der Waals surface area contributed by atoms with Crippen molar-refractivity contribution in [1.82, 2.24) is 4.90 Å². The molecule has 0 saturated carbocycles. The van der Waals surface area contributed by atoms with Crippen LogP contribution in [0.5, 0.6) is 0 Å². The van der Waals surface area contributed by atoms with E-state index >= 15 is 0 Å². The molecule has 0 aromatic rings. The second kappa shape index (κ2) is 5.28. The van der Waals surface area contributed by atoms with Crippen molar-refractivity contribution in [3.63, 3.8) is 0 Å². The Morgan fingerprint density at radius 2 is 2.00 bits per heavy atom. The Morgan fingerprint density at radius 1 is 1.47 bits per heavy atom. The van der Waals surface area contributed by atoms with Crippen LogP contribution in [-0.4, -0.2) is 47.8 Å². The minimum atomic E-state index is -0.873. The van der Waals surface area contributed by atoms with Gasteiger partial charge in [0.15, 0.2) is 0 Å². The van der Waals surface area contributed by atoms with Crippen LogP contribution in [0.25, 0.3) is 0 Å². The molecule has 0 amide bonds. The molecule has 0 radical (unpaired) electrons. The van der Waals surface area contributed by atoms with Crippen molar-refractivity contribution >= 4 is 5.97 Å². The minimum Gasteiger partial charge on any atom is -0.478 e. The van der Waals surface area contributed by atoms with Gasteiger partial charge in [0, 0.05) is 25.7 Å². The van der Waals surface area contributed by atoms with Gasteiger partial charge in [0.25, 0.3) is 0 Å². The summed E-state index contributed by atoms with van der Waals surface area (Å²) in [4.78, 5) is 12.7. The molecule has 0 aromatic carbocycles. The van der Waals surface area contributed by atoms with Crippen molar-refractivity contribution in [2.24, 2.45) is 0 Å². The van der Waals surface area contributed by atoms with Crippen LogP contribution in [0.1, 0.15) is 20.8 Å². The Hall–Kier alpha value is -0.870. The van der Waals surface area contributed by atoms with Gasteiger partial charge in [-0.1, -0.05) is 5.57 Å². The van der Waals surface area contributed by atoms with Gasteiger partial charge in [0.05, 0.1) is 12.2 Å². The SMILES string of the molecule is CC(=CC(=O)O)CN1C[C@@H](C)O[C@@H](C)C1. The molecule has 0 spiro atoms. The van der Waals surface area contributed by atoms with Crippen LogP contribution in [-0.2, 0) is 9.53 Å². The fourth-order valence-corrected chi connectivity index (χ4v) is 2.02. The summed E-state index contributed by atoms with van der Waals surface area (Å²) < 4.78 is 5.60. The lowest BCUT2D eigenvalue weighted by atomic mass is 10.2. The minimum absolute atomic E-state index is 0.228. The summed E-state index contributed by atoms with van der Waals surface area (Å²) >= 11 is 0. The number of hydrogen-bond donors (Lipinski definition) is 1. The maximum absolute atomic E-state index is 10.5. The van der Waals surface area contributed by atoms with Crippen molar-refractivity contribution in [1.29, 1.82) is 0 Å². The molecule has 2 atom stereocenters. The first-order valence-corrected chi connectivity index (χ1v) is 5.25. The third kappa shape index (κ3) is 4.44. The number of hydrogen-bond acceptors (Lipinski definition) is 3. The van der Waals surface area contributed by atoms with Crippen molar-refractivity contribution in [3.8, 4) is 0 Å². The van der Waals surface area contributed by atoms with Crippen LogP contribution >= 0.6 is 0 Å². The fourth-order valence-electron chi connectivity index (χ4n) is 2.02.